The molecule has 0 saturated heterocycles. The highest BCUT2D eigenvalue weighted by Crippen LogP contribution is 2.38. The molecule has 0 spiro atoms. The van der Waals surface area contributed by atoms with E-state index in [1.165, 1.54) is 22.5 Å². The van der Waals surface area contributed by atoms with Crippen LogP contribution in [-0.4, -0.2) is 42.1 Å². The first kappa shape index (κ1) is 21.1. The molecule has 2 aliphatic heterocycles. The van der Waals surface area contributed by atoms with Crippen molar-refractivity contribution in [1.82, 2.24) is 15.1 Å². The zero-order valence-electron chi connectivity index (χ0n) is 16.6. The minimum atomic E-state index is -3.98. The molecule has 2 atom stereocenters. The molecular formula is C20H19Cl2N7O2S. The lowest BCUT2D eigenvalue weighted by molar-refractivity contribution is 0.233. The first-order valence-corrected chi connectivity index (χ1v) is 11.9. The molecule has 2 aliphatic rings. The predicted octanol–water partition coefficient (Wildman–Crippen LogP) is 2.76. The van der Waals surface area contributed by atoms with E-state index in [2.05, 4.69) is 15.2 Å². The van der Waals surface area contributed by atoms with Gasteiger partial charge in [-0.1, -0.05) is 41.4 Å². The summed E-state index contributed by atoms with van der Waals surface area (Å²) in [5, 5.41) is 7.23. The fourth-order valence-electron chi connectivity index (χ4n) is 4.23. The van der Waals surface area contributed by atoms with Crippen molar-refractivity contribution in [3.63, 3.8) is 0 Å². The second-order valence-corrected chi connectivity index (χ2v) is 10.4. The summed E-state index contributed by atoms with van der Waals surface area (Å²) in [6, 6.07) is 11.2. The van der Waals surface area contributed by atoms with E-state index in [0.717, 1.165) is 5.56 Å². The maximum Gasteiger partial charge on any atom is 0.264 e. The van der Waals surface area contributed by atoms with Crippen LogP contribution in [0.15, 0.2) is 58.5 Å². The molecule has 3 heterocycles. The molecule has 5 N–H and O–H groups in total. The van der Waals surface area contributed by atoms with Gasteiger partial charge in [-0.15, -0.1) is 0 Å². The van der Waals surface area contributed by atoms with Crippen molar-refractivity contribution in [2.24, 2.45) is 16.5 Å². The maximum atomic E-state index is 13.7. The normalized spacial score (nSPS) is 20.5. The highest BCUT2D eigenvalue weighted by atomic mass is 35.5. The van der Waals surface area contributed by atoms with Gasteiger partial charge in [0.1, 0.15) is 6.17 Å². The molecule has 0 amide bonds. The Morgan fingerprint density at radius 2 is 1.84 bits per heavy atom. The molecule has 0 bridgehead atoms. The van der Waals surface area contributed by atoms with Crippen molar-refractivity contribution in [3.8, 4) is 0 Å². The van der Waals surface area contributed by atoms with Crippen LogP contribution in [0, 0.1) is 0 Å². The second-order valence-electron chi connectivity index (χ2n) is 7.62. The molecule has 5 rings (SSSR count). The van der Waals surface area contributed by atoms with Gasteiger partial charge < -0.3 is 16.4 Å². The van der Waals surface area contributed by atoms with Crippen LogP contribution >= 0.6 is 23.2 Å². The summed E-state index contributed by atoms with van der Waals surface area (Å²) < 4.78 is 28.7. The smallest absolute Gasteiger partial charge is 0.264 e. The first-order valence-electron chi connectivity index (χ1n) is 9.74. The largest absolute Gasteiger partial charge is 0.369 e. The molecule has 0 fully saturated rings. The SMILES string of the molecule is NC1=Nc2[nH]ncc2C(N)N1C1Cc2ccccc2N(S(=O)(=O)c2cc(Cl)cc(Cl)c2)C1. The molecule has 2 unspecified atom stereocenters. The Bertz CT molecular complexity index is 1320. The van der Waals surface area contributed by atoms with Gasteiger partial charge in [-0.25, -0.2) is 8.42 Å². The van der Waals surface area contributed by atoms with Crippen molar-refractivity contribution in [1.29, 1.82) is 0 Å². The monoisotopic (exact) mass is 491 g/mol. The van der Waals surface area contributed by atoms with Crippen LogP contribution in [-0.2, 0) is 16.4 Å². The zero-order chi connectivity index (χ0) is 22.6. The molecular weight excluding hydrogens is 473 g/mol. The van der Waals surface area contributed by atoms with E-state index in [-0.39, 0.29) is 33.5 Å². The van der Waals surface area contributed by atoms with Crippen molar-refractivity contribution in [2.75, 3.05) is 10.8 Å². The maximum absolute atomic E-state index is 13.7. The Hall–Kier alpha value is -2.79. The predicted molar refractivity (Wildman–Crippen MR) is 124 cm³/mol. The van der Waals surface area contributed by atoms with E-state index in [0.29, 0.717) is 23.5 Å². The van der Waals surface area contributed by atoms with E-state index in [9.17, 15) is 8.42 Å². The molecule has 0 aliphatic carbocycles. The minimum Gasteiger partial charge on any atom is -0.369 e. The summed E-state index contributed by atoms with van der Waals surface area (Å²) in [5.41, 5.74) is 14.9. The van der Waals surface area contributed by atoms with Gasteiger partial charge in [0.2, 0.25) is 0 Å². The molecule has 0 saturated carbocycles. The highest BCUT2D eigenvalue weighted by molar-refractivity contribution is 7.92. The molecule has 3 aromatic rings. The van der Waals surface area contributed by atoms with Gasteiger partial charge in [-0.05, 0) is 36.2 Å². The number of aromatic amines is 1. The van der Waals surface area contributed by atoms with Crippen molar-refractivity contribution in [3.05, 3.63) is 69.8 Å². The molecule has 166 valence electrons. The number of fused-ring (bicyclic) bond motifs is 2. The zero-order valence-corrected chi connectivity index (χ0v) is 18.9. The van der Waals surface area contributed by atoms with Gasteiger partial charge in [0.05, 0.1) is 34.9 Å². The number of hydrogen-bond acceptors (Lipinski definition) is 7. The summed E-state index contributed by atoms with van der Waals surface area (Å²) >= 11 is 12.2. The van der Waals surface area contributed by atoms with E-state index in [4.69, 9.17) is 34.7 Å². The Balaban J connectivity index is 1.59. The number of aliphatic imine (C=N–C) groups is 1. The number of halogens is 2. The number of nitrogens with two attached hydrogens (primary N) is 2. The number of sulfonamides is 1. The number of rotatable bonds is 3. The van der Waals surface area contributed by atoms with Crippen molar-refractivity contribution in [2.45, 2.75) is 23.5 Å². The number of anilines is 1. The number of para-hydroxylation sites is 1. The lowest BCUT2D eigenvalue weighted by Crippen LogP contribution is -2.57. The van der Waals surface area contributed by atoms with Crippen LogP contribution in [0.2, 0.25) is 10.0 Å². The lowest BCUT2D eigenvalue weighted by Gasteiger charge is -2.44. The number of benzene rings is 2. The molecule has 1 aromatic heterocycles. The first-order chi connectivity index (χ1) is 15.3. The number of aromatic nitrogens is 2. The molecule has 32 heavy (non-hydrogen) atoms. The van der Waals surface area contributed by atoms with E-state index in [1.807, 2.05) is 12.1 Å². The number of nitrogens with zero attached hydrogens (tertiary/aromatic N) is 4. The summed E-state index contributed by atoms with van der Waals surface area (Å²) in [4.78, 5) is 6.10. The van der Waals surface area contributed by atoms with Crippen molar-refractivity contribution < 1.29 is 8.42 Å². The number of H-pyrrole nitrogens is 1. The Morgan fingerprint density at radius 3 is 2.59 bits per heavy atom. The van der Waals surface area contributed by atoms with Gasteiger partial charge in [-0.3, -0.25) is 9.40 Å². The van der Waals surface area contributed by atoms with E-state index in [1.54, 1.807) is 23.2 Å². The standard InChI is InChI=1S/C20H19Cl2N7O2S/c21-12-6-13(22)8-15(7-12)32(30,31)28-10-14(5-11-3-1-2-4-17(11)28)29-18(23)16-9-25-27-19(16)26-20(29)24/h1-4,6-9,14,18H,5,10,23H2,(H3,24,25,26,27). The summed E-state index contributed by atoms with van der Waals surface area (Å²) in [5.74, 6) is 0.697. The van der Waals surface area contributed by atoms with Crippen molar-refractivity contribution >= 4 is 50.7 Å². The van der Waals surface area contributed by atoms with E-state index >= 15 is 0 Å². The Labute approximate surface area is 194 Å². The fourth-order valence-corrected chi connectivity index (χ4v) is 6.49. The van der Waals surface area contributed by atoms with Crippen LogP contribution in [0.5, 0.6) is 0 Å². The van der Waals surface area contributed by atoms with Gasteiger partial charge >= 0.3 is 0 Å². The Morgan fingerprint density at radius 1 is 1.12 bits per heavy atom. The average Bonchev–Trinajstić information content (AvgIpc) is 3.21. The third kappa shape index (κ3) is 3.39. The lowest BCUT2D eigenvalue weighted by atomic mass is 9.97. The van der Waals surface area contributed by atoms with Gasteiger partial charge in [0.25, 0.3) is 10.0 Å². The van der Waals surface area contributed by atoms with Gasteiger partial charge in [0.15, 0.2) is 11.8 Å². The third-order valence-corrected chi connectivity index (χ3v) is 7.86. The summed E-state index contributed by atoms with van der Waals surface area (Å²) in [6.45, 7) is 0.112. The Kier molecular flexibility index (Phi) is 5.05. The van der Waals surface area contributed by atoms with Crippen LogP contribution in [0.25, 0.3) is 0 Å². The van der Waals surface area contributed by atoms with Crippen LogP contribution in [0.4, 0.5) is 11.5 Å². The highest BCUT2D eigenvalue weighted by Gasteiger charge is 2.40. The topological polar surface area (TPSA) is 134 Å². The summed E-state index contributed by atoms with van der Waals surface area (Å²) in [6.07, 6.45) is 1.51. The van der Waals surface area contributed by atoms with Gasteiger partial charge in [0, 0.05) is 10.0 Å². The summed E-state index contributed by atoms with van der Waals surface area (Å²) in [7, 11) is -3.98. The molecule has 12 heteroatoms. The number of guanidine groups is 1. The fraction of sp³-hybridized carbons (Fsp3) is 0.200. The average molecular weight is 492 g/mol. The third-order valence-electron chi connectivity index (χ3n) is 5.67. The molecule has 0 radical (unpaired) electrons. The quantitative estimate of drug-likeness (QED) is 0.515. The van der Waals surface area contributed by atoms with Crippen LogP contribution in [0.1, 0.15) is 17.3 Å². The molecule has 2 aromatic carbocycles. The molecule has 9 nitrogen and oxygen atoms in total. The van der Waals surface area contributed by atoms with Crippen LogP contribution in [0.3, 0.4) is 0 Å². The number of nitrogens with one attached hydrogen (secondary N) is 1. The van der Waals surface area contributed by atoms with Crippen LogP contribution < -0.4 is 15.8 Å². The second kappa shape index (κ2) is 7.66. The number of hydrogen-bond donors (Lipinski definition) is 3. The minimum absolute atomic E-state index is 0.00663. The van der Waals surface area contributed by atoms with Gasteiger partial charge in [-0.2, -0.15) is 10.1 Å². The van der Waals surface area contributed by atoms with E-state index < -0.39 is 16.2 Å².